The minimum absolute atomic E-state index is 0.299. The number of hydrogen-bond donors (Lipinski definition) is 4. The fraction of sp³-hybridized carbons (Fsp3) is 0. The highest BCUT2D eigenvalue weighted by molar-refractivity contribution is 6.14. The summed E-state index contributed by atoms with van der Waals surface area (Å²) >= 11 is 0. The van der Waals surface area contributed by atoms with E-state index in [1.165, 1.54) is 24.3 Å². The molecule has 0 saturated carbocycles. The molecule has 4 N–H and O–H groups in total. The zero-order valence-electron chi connectivity index (χ0n) is 22.3. The molecule has 0 bridgehead atoms. The van der Waals surface area contributed by atoms with Crippen molar-refractivity contribution in [3.05, 3.63) is 156 Å². The van der Waals surface area contributed by atoms with E-state index >= 15 is 0 Å². The minimum Gasteiger partial charge on any atom is -0.322 e. The molecule has 0 aliphatic carbocycles. The molecule has 0 spiro atoms. The molecule has 8 heteroatoms. The predicted molar refractivity (Wildman–Crippen MR) is 164 cm³/mol. The molecule has 0 unspecified atom stereocenters. The van der Waals surface area contributed by atoms with E-state index in [1.807, 2.05) is 36.4 Å². The van der Waals surface area contributed by atoms with E-state index in [2.05, 4.69) is 21.3 Å². The largest absolute Gasteiger partial charge is 0.322 e. The fourth-order valence-electron chi connectivity index (χ4n) is 4.18. The van der Waals surface area contributed by atoms with Crippen molar-refractivity contribution >= 4 is 46.4 Å². The van der Waals surface area contributed by atoms with Gasteiger partial charge in [0, 0.05) is 22.5 Å². The summed E-state index contributed by atoms with van der Waals surface area (Å²) in [7, 11) is 0. The first-order valence-corrected chi connectivity index (χ1v) is 13.1. The van der Waals surface area contributed by atoms with Crippen molar-refractivity contribution in [3.63, 3.8) is 0 Å². The van der Waals surface area contributed by atoms with Gasteiger partial charge < -0.3 is 21.3 Å². The third kappa shape index (κ3) is 6.75. The van der Waals surface area contributed by atoms with E-state index < -0.39 is 11.8 Å². The summed E-state index contributed by atoms with van der Waals surface area (Å²) in [6.07, 6.45) is 0. The molecule has 5 rings (SSSR count). The molecule has 0 heterocycles. The Hall–Kier alpha value is -6.02. The third-order valence-corrected chi connectivity index (χ3v) is 6.31. The van der Waals surface area contributed by atoms with E-state index in [-0.39, 0.29) is 11.8 Å². The normalized spacial score (nSPS) is 10.3. The van der Waals surface area contributed by atoms with Crippen molar-refractivity contribution in [2.45, 2.75) is 0 Å². The Kier molecular flexibility index (Phi) is 8.45. The van der Waals surface area contributed by atoms with Gasteiger partial charge in [0.1, 0.15) is 0 Å². The van der Waals surface area contributed by atoms with Crippen LogP contribution in [0.1, 0.15) is 41.4 Å². The molecule has 0 aliphatic heterocycles. The van der Waals surface area contributed by atoms with Gasteiger partial charge in [-0.05, 0) is 72.8 Å². The lowest BCUT2D eigenvalue weighted by Crippen LogP contribution is -2.19. The maximum atomic E-state index is 13.0. The summed E-state index contributed by atoms with van der Waals surface area (Å²) in [6.45, 7) is 0. The number of amides is 4. The molecule has 206 valence electrons. The van der Waals surface area contributed by atoms with Crippen LogP contribution < -0.4 is 21.3 Å². The van der Waals surface area contributed by atoms with Crippen molar-refractivity contribution in [2.75, 3.05) is 21.3 Å². The lowest BCUT2D eigenvalue weighted by atomic mass is 10.1. The van der Waals surface area contributed by atoms with Gasteiger partial charge in [0.15, 0.2) is 0 Å². The van der Waals surface area contributed by atoms with Gasteiger partial charge in [0.05, 0.1) is 22.5 Å². The first-order valence-electron chi connectivity index (χ1n) is 13.1. The van der Waals surface area contributed by atoms with Crippen LogP contribution in [0.2, 0.25) is 0 Å². The lowest BCUT2D eigenvalue weighted by Gasteiger charge is -2.13. The SMILES string of the molecule is O=C(Nc1ccccc1C(=O)Nc1ccccc1)c1ccc(C(=O)Nc2ccccc2C(=O)Nc2ccccc2)cc1. The van der Waals surface area contributed by atoms with Crippen molar-refractivity contribution in [1.29, 1.82) is 0 Å². The van der Waals surface area contributed by atoms with Crippen molar-refractivity contribution in [2.24, 2.45) is 0 Å². The van der Waals surface area contributed by atoms with E-state index in [9.17, 15) is 19.2 Å². The van der Waals surface area contributed by atoms with Crippen LogP contribution in [0.4, 0.5) is 22.7 Å². The first-order chi connectivity index (χ1) is 20.5. The zero-order valence-corrected chi connectivity index (χ0v) is 22.3. The number of rotatable bonds is 8. The standard InChI is InChI=1S/C34H26N4O4/c39-31(37-29-17-9-7-15-27(29)33(41)35-25-11-3-1-4-12-25)23-19-21-24(22-20-23)32(40)38-30-18-10-8-16-28(30)34(42)36-26-13-5-2-6-14-26/h1-22H,(H,35,41)(H,36,42)(H,37,39)(H,38,40). The molecule has 0 saturated heterocycles. The topological polar surface area (TPSA) is 116 Å². The highest BCUT2D eigenvalue weighted by atomic mass is 16.2. The predicted octanol–water partition coefficient (Wildman–Crippen LogP) is 6.70. The average molecular weight is 555 g/mol. The van der Waals surface area contributed by atoms with Crippen LogP contribution in [-0.4, -0.2) is 23.6 Å². The van der Waals surface area contributed by atoms with Crippen LogP contribution in [0.15, 0.2) is 133 Å². The van der Waals surface area contributed by atoms with Gasteiger partial charge in [-0.1, -0.05) is 60.7 Å². The number of para-hydroxylation sites is 4. The Labute approximate surface area is 242 Å². The Morgan fingerprint density at radius 3 is 1.05 bits per heavy atom. The maximum Gasteiger partial charge on any atom is 0.257 e. The second-order valence-corrected chi connectivity index (χ2v) is 9.22. The highest BCUT2D eigenvalue weighted by Crippen LogP contribution is 2.21. The Balaban J connectivity index is 1.25. The number of hydrogen-bond acceptors (Lipinski definition) is 4. The summed E-state index contributed by atoms with van der Waals surface area (Å²) in [5.74, 6) is -1.60. The van der Waals surface area contributed by atoms with Crippen molar-refractivity contribution in [3.8, 4) is 0 Å². The van der Waals surface area contributed by atoms with Crippen LogP contribution in [-0.2, 0) is 0 Å². The monoisotopic (exact) mass is 554 g/mol. The lowest BCUT2D eigenvalue weighted by molar-refractivity contribution is 0.100. The molecule has 0 radical (unpaired) electrons. The van der Waals surface area contributed by atoms with E-state index in [0.29, 0.717) is 45.0 Å². The minimum atomic E-state index is -0.440. The van der Waals surface area contributed by atoms with Crippen LogP contribution in [0.25, 0.3) is 0 Å². The van der Waals surface area contributed by atoms with Gasteiger partial charge in [-0.15, -0.1) is 0 Å². The molecule has 8 nitrogen and oxygen atoms in total. The molecule has 42 heavy (non-hydrogen) atoms. The molecule has 5 aromatic carbocycles. The Morgan fingerprint density at radius 2 is 0.667 bits per heavy atom. The third-order valence-electron chi connectivity index (χ3n) is 6.31. The first kappa shape index (κ1) is 27.5. The Morgan fingerprint density at radius 1 is 0.333 bits per heavy atom. The summed E-state index contributed by atoms with van der Waals surface area (Å²) < 4.78 is 0. The quantitative estimate of drug-likeness (QED) is 0.171. The molecule has 0 aliphatic rings. The molecule has 0 fully saturated rings. The number of carbonyl (C=O) groups is 4. The van der Waals surface area contributed by atoms with Gasteiger partial charge in [0.25, 0.3) is 23.6 Å². The summed E-state index contributed by atoms with van der Waals surface area (Å²) in [5, 5.41) is 11.2. The molecule has 0 atom stereocenters. The molecule has 4 amide bonds. The fourth-order valence-corrected chi connectivity index (χ4v) is 4.18. The van der Waals surface area contributed by atoms with Crippen LogP contribution in [0.5, 0.6) is 0 Å². The smallest absolute Gasteiger partial charge is 0.257 e. The summed E-state index contributed by atoms with van der Waals surface area (Å²) in [6, 6.07) is 37.5. The van der Waals surface area contributed by atoms with Crippen LogP contribution >= 0.6 is 0 Å². The molecule has 5 aromatic rings. The van der Waals surface area contributed by atoms with E-state index in [4.69, 9.17) is 0 Å². The maximum absolute atomic E-state index is 13.0. The Bertz CT molecular complexity index is 1610. The molecule has 0 aromatic heterocycles. The van der Waals surface area contributed by atoms with Gasteiger partial charge in [-0.25, -0.2) is 0 Å². The number of benzene rings is 5. The average Bonchev–Trinajstić information content (AvgIpc) is 3.02. The van der Waals surface area contributed by atoms with Gasteiger partial charge in [0.2, 0.25) is 0 Å². The number of anilines is 4. The zero-order chi connectivity index (χ0) is 29.3. The highest BCUT2D eigenvalue weighted by Gasteiger charge is 2.17. The molecular formula is C34H26N4O4. The van der Waals surface area contributed by atoms with Gasteiger partial charge in [-0.2, -0.15) is 0 Å². The van der Waals surface area contributed by atoms with Crippen molar-refractivity contribution < 1.29 is 19.2 Å². The van der Waals surface area contributed by atoms with E-state index in [0.717, 1.165) is 0 Å². The van der Waals surface area contributed by atoms with E-state index in [1.54, 1.807) is 72.8 Å². The number of nitrogens with one attached hydrogen (secondary N) is 4. The van der Waals surface area contributed by atoms with Gasteiger partial charge in [-0.3, -0.25) is 19.2 Å². The molecular weight excluding hydrogens is 528 g/mol. The second-order valence-electron chi connectivity index (χ2n) is 9.22. The van der Waals surface area contributed by atoms with Crippen LogP contribution in [0, 0.1) is 0 Å². The van der Waals surface area contributed by atoms with Gasteiger partial charge >= 0.3 is 0 Å². The number of carbonyl (C=O) groups excluding carboxylic acids is 4. The second kappa shape index (κ2) is 12.9. The van der Waals surface area contributed by atoms with Crippen molar-refractivity contribution in [1.82, 2.24) is 0 Å². The van der Waals surface area contributed by atoms with Crippen LogP contribution in [0.3, 0.4) is 0 Å². The summed E-state index contributed by atoms with van der Waals surface area (Å²) in [5.41, 5.74) is 3.18. The summed E-state index contributed by atoms with van der Waals surface area (Å²) in [4.78, 5) is 51.7.